The standard InChI is InChI=1S/C22H26FN7O4S/c23-17-1-2-18-19(13-17)24-5-3-20(18)27-7-9-28(10-8-27)21(32)16-4-6-30(14-16)35(33,34)22-25-15-29(26-22)11-12-31/h1-3,5,13,15-16,31H,4,6-12,14H2/t16-/m0/s1. The highest BCUT2D eigenvalue weighted by atomic mass is 32.2. The van der Waals surface area contributed by atoms with Crippen molar-refractivity contribution in [1.82, 2.24) is 29.0 Å². The molecule has 1 atom stereocenters. The lowest BCUT2D eigenvalue weighted by Gasteiger charge is -2.37. The minimum atomic E-state index is -3.90. The number of aromatic nitrogens is 4. The van der Waals surface area contributed by atoms with E-state index < -0.39 is 15.9 Å². The van der Waals surface area contributed by atoms with Crippen LogP contribution in [0.5, 0.6) is 0 Å². The zero-order valence-corrected chi connectivity index (χ0v) is 19.8. The third-order valence-corrected chi connectivity index (χ3v) is 8.19. The second kappa shape index (κ2) is 9.47. The molecule has 2 fully saturated rings. The number of halogens is 1. The molecule has 4 heterocycles. The average molecular weight is 504 g/mol. The second-order valence-corrected chi connectivity index (χ2v) is 10.5. The number of sulfonamides is 1. The van der Waals surface area contributed by atoms with Crippen LogP contribution in [0.15, 0.2) is 41.9 Å². The Morgan fingerprint density at radius 3 is 2.69 bits per heavy atom. The summed E-state index contributed by atoms with van der Waals surface area (Å²) in [6.45, 7) is 2.56. The molecule has 0 bridgehead atoms. The summed E-state index contributed by atoms with van der Waals surface area (Å²) in [5.74, 6) is -0.803. The number of anilines is 1. The SMILES string of the molecule is O=C([C@H]1CCN(S(=O)(=O)c2ncn(CCO)n2)C1)N1CCN(c2ccnc3cc(F)ccc23)CC1. The second-order valence-electron chi connectivity index (χ2n) is 8.67. The number of hydrogen-bond donors (Lipinski definition) is 1. The number of carbonyl (C=O) groups excluding carboxylic acids is 1. The molecule has 2 saturated heterocycles. The summed E-state index contributed by atoms with van der Waals surface area (Å²) >= 11 is 0. The van der Waals surface area contributed by atoms with Crippen LogP contribution >= 0.6 is 0 Å². The van der Waals surface area contributed by atoms with Crippen molar-refractivity contribution in [3.8, 4) is 0 Å². The number of pyridine rings is 1. The van der Waals surface area contributed by atoms with Gasteiger partial charge >= 0.3 is 0 Å². The molecular formula is C22H26FN7O4S. The summed E-state index contributed by atoms with van der Waals surface area (Å²) in [5, 5.41) is 13.5. The zero-order valence-electron chi connectivity index (χ0n) is 19.0. The monoisotopic (exact) mass is 503 g/mol. The van der Waals surface area contributed by atoms with E-state index in [0.29, 0.717) is 38.1 Å². The lowest BCUT2D eigenvalue weighted by Crippen LogP contribution is -2.50. The van der Waals surface area contributed by atoms with Gasteiger partial charge in [0.05, 0.1) is 24.6 Å². The van der Waals surface area contributed by atoms with E-state index in [-0.39, 0.29) is 43.1 Å². The Bertz CT molecular complexity index is 1340. The van der Waals surface area contributed by atoms with E-state index >= 15 is 0 Å². The molecule has 0 aliphatic carbocycles. The van der Waals surface area contributed by atoms with Crippen LogP contribution in [-0.4, -0.2) is 94.3 Å². The Labute approximate surface area is 201 Å². The maximum absolute atomic E-state index is 13.6. The number of fused-ring (bicyclic) bond motifs is 1. The molecule has 35 heavy (non-hydrogen) atoms. The Morgan fingerprint density at radius 2 is 1.91 bits per heavy atom. The van der Waals surface area contributed by atoms with Gasteiger partial charge in [-0.05, 0) is 24.6 Å². The minimum Gasteiger partial charge on any atom is -0.394 e. The fraction of sp³-hybridized carbons (Fsp3) is 0.455. The topological polar surface area (TPSA) is 125 Å². The van der Waals surface area contributed by atoms with Gasteiger partial charge in [-0.25, -0.2) is 22.5 Å². The lowest BCUT2D eigenvalue weighted by atomic mass is 10.1. The maximum Gasteiger partial charge on any atom is 0.282 e. The van der Waals surface area contributed by atoms with E-state index in [9.17, 15) is 17.6 Å². The van der Waals surface area contributed by atoms with Gasteiger partial charge < -0.3 is 14.9 Å². The maximum atomic E-state index is 13.6. The third kappa shape index (κ3) is 4.58. The number of benzene rings is 1. The Kier molecular flexibility index (Phi) is 6.38. The first-order valence-corrected chi connectivity index (χ1v) is 12.9. The van der Waals surface area contributed by atoms with Crippen molar-refractivity contribution in [2.45, 2.75) is 18.1 Å². The number of hydrogen-bond acceptors (Lipinski definition) is 8. The van der Waals surface area contributed by atoms with Crippen molar-refractivity contribution in [3.05, 3.63) is 42.6 Å². The van der Waals surface area contributed by atoms with Gasteiger partial charge in [-0.3, -0.25) is 9.78 Å². The predicted molar refractivity (Wildman–Crippen MR) is 124 cm³/mol. The summed E-state index contributed by atoms with van der Waals surface area (Å²) in [7, 11) is -3.90. The number of nitrogens with zero attached hydrogens (tertiary/aromatic N) is 7. The Balaban J connectivity index is 1.21. The highest BCUT2D eigenvalue weighted by Crippen LogP contribution is 2.28. The molecule has 0 spiro atoms. The van der Waals surface area contributed by atoms with Gasteiger partial charge in [0.2, 0.25) is 5.91 Å². The van der Waals surface area contributed by atoms with Crippen LogP contribution in [0.2, 0.25) is 0 Å². The highest BCUT2D eigenvalue weighted by molar-refractivity contribution is 7.89. The van der Waals surface area contributed by atoms with Crippen LogP contribution in [-0.2, 0) is 21.4 Å². The van der Waals surface area contributed by atoms with Crippen LogP contribution in [0, 0.1) is 11.7 Å². The van der Waals surface area contributed by atoms with Crippen LogP contribution in [0.1, 0.15) is 6.42 Å². The van der Waals surface area contributed by atoms with Gasteiger partial charge in [0, 0.05) is 62.6 Å². The van der Waals surface area contributed by atoms with Crippen molar-refractivity contribution >= 4 is 32.5 Å². The molecule has 186 valence electrons. The number of piperazine rings is 1. The Morgan fingerprint density at radius 1 is 1.11 bits per heavy atom. The van der Waals surface area contributed by atoms with Gasteiger partial charge in [0.1, 0.15) is 12.1 Å². The molecule has 2 aliphatic rings. The first-order chi connectivity index (χ1) is 16.9. The summed E-state index contributed by atoms with van der Waals surface area (Å²) in [4.78, 5) is 25.2. The molecule has 1 N–H and O–H groups in total. The van der Waals surface area contributed by atoms with Crippen molar-refractivity contribution in [1.29, 1.82) is 0 Å². The molecule has 13 heteroatoms. The van der Waals surface area contributed by atoms with Gasteiger partial charge in [-0.15, -0.1) is 5.10 Å². The van der Waals surface area contributed by atoms with E-state index in [2.05, 4.69) is 20.0 Å². The molecule has 2 aliphatic heterocycles. The average Bonchev–Trinajstić information content (AvgIpc) is 3.54. The van der Waals surface area contributed by atoms with Crippen molar-refractivity contribution in [2.75, 3.05) is 50.8 Å². The molecule has 0 radical (unpaired) electrons. The minimum absolute atomic E-state index is 0.0530. The molecule has 0 saturated carbocycles. The van der Waals surface area contributed by atoms with E-state index in [0.717, 1.165) is 11.1 Å². The van der Waals surface area contributed by atoms with Crippen LogP contribution in [0.25, 0.3) is 10.9 Å². The number of aliphatic hydroxyl groups is 1. The van der Waals surface area contributed by atoms with Crippen LogP contribution in [0.3, 0.4) is 0 Å². The third-order valence-electron chi connectivity index (χ3n) is 6.53. The lowest BCUT2D eigenvalue weighted by molar-refractivity contribution is -0.135. The van der Waals surface area contributed by atoms with E-state index in [1.165, 1.54) is 27.4 Å². The van der Waals surface area contributed by atoms with Gasteiger partial charge in [-0.1, -0.05) is 0 Å². The Hall–Kier alpha value is -3.16. The van der Waals surface area contributed by atoms with E-state index in [1.54, 1.807) is 17.2 Å². The molecule has 11 nitrogen and oxygen atoms in total. The van der Waals surface area contributed by atoms with Gasteiger partial charge in [-0.2, -0.15) is 4.31 Å². The normalized spacial score (nSPS) is 19.5. The largest absolute Gasteiger partial charge is 0.394 e. The molecular weight excluding hydrogens is 477 g/mol. The number of carbonyl (C=O) groups is 1. The summed E-state index contributed by atoms with van der Waals surface area (Å²) < 4.78 is 41.9. The number of aliphatic hydroxyl groups excluding tert-OH is 1. The molecule has 3 aromatic rings. The first-order valence-electron chi connectivity index (χ1n) is 11.5. The van der Waals surface area contributed by atoms with Crippen molar-refractivity contribution in [2.24, 2.45) is 5.92 Å². The van der Waals surface area contributed by atoms with Crippen molar-refractivity contribution < 1.29 is 22.7 Å². The molecule has 0 unspecified atom stereocenters. The predicted octanol–water partition coefficient (Wildman–Crippen LogP) is 0.317. The number of rotatable bonds is 6. The fourth-order valence-corrected chi connectivity index (χ4v) is 6.02. The summed E-state index contributed by atoms with van der Waals surface area (Å²) in [5.41, 5.74) is 1.54. The molecule has 1 amide bonds. The zero-order chi connectivity index (χ0) is 24.6. The van der Waals surface area contributed by atoms with Gasteiger partial charge in [0.25, 0.3) is 15.2 Å². The van der Waals surface area contributed by atoms with Crippen molar-refractivity contribution in [3.63, 3.8) is 0 Å². The summed E-state index contributed by atoms with van der Waals surface area (Å²) in [6.07, 6.45) is 3.36. The van der Waals surface area contributed by atoms with E-state index in [4.69, 9.17) is 5.11 Å². The highest BCUT2D eigenvalue weighted by Gasteiger charge is 2.39. The molecule has 2 aromatic heterocycles. The van der Waals surface area contributed by atoms with Crippen LogP contribution < -0.4 is 4.90 Å². The summed E-state index contributed by atoms with van der Waals surface area (Å²) in [6, 6.07) is 6.44. The fourth-order valence-electron chi connectivity index (χ4n) is 4.68. The van der Waals surface area contributed by atoms with E-state index in [1.807, 2.05) is 6.07 Å². The van der Waals surface area contributed by atoms with Crippen LogP contribution in [0.4, 0.5) is 10.1 Å². The first kappa shape index (κ1) is 23.6. The number of amides is 1. The molecule has 1 aromatic carbocycles. The smallest absolute Gasteiger partial charge is 0.282 e. The quantitative estimate of drug-likeness (QED) is 0.510. The van der Waals surface area contributed by atoms with Gasteiger partial charge in [0.15, 0.2) is 0 Å². The molecule has 5 rings (SSSR count).